The highest BCUT2D eigenvalue weighted by Crippen LogP contribution is 2.17. The lowest BCUT2D eigenvalue weighted by atomic mass is 9.99. The van der Waals surface area contributed by atoms with Crippen LogP contribution in [0.1, 0.15) is 51.7 Å². The number of hydrogen-bond donors (Lipinski definition) is 1. The van der Waals surface area contributed by atoms with Crippen LogP contribution >= 0.6 is 0 Å². The second-order valence-electron chi connectivity index (χ2n) is 9.47. The van der Waals surface area contributed by atoms with E-state index in [1.807, 2.05) is 76.2 Å². The first-order chi connectivity index (χ1) is 17.2. The number of nitrogens with zero attached hydrogens (tertiary/aromatic N) is 1. The van der Waals surface area contributed by atoms with Crippen molar-refractivity contribution < 1.29 is 28.7 Å². The van der Waals surface area contributed by atoms with Crippen molar-refractivity contribution in [1.29, 1.82) is 0 Å². The fraction of sp³-hybridized carbons (Fsp3) is 0.429. The molecule has 8 nitrogen and oxygen atoms in total. The Morgan fingerprint density at radius 2 is 1.31 bits per heavy atom. The number of rotatable bonds is 12. The van der Waals surface area contributed by atoms with Crippen molar-refractivity contribution in [2.75, 3.05) is 0 Å². The molecule has 2 atom stereocenters. The fourth-order valence-electron chi connectivity index (χ4n) is 3.65. The zero-order valence-corrected chi connectivity index (χ0v) is 21.4. The van der Waals surface area contributed by atoms with Gasteiger partial charge in [0, 0.05) is 0 Å². The van der Waals surface area contributed by atoms with Crippen LogP contribution in [0.15, 0.2) is 60.7 Å². The summed E-state index contributed by atoms with van der Waals surface area (Å²) in [6.07, 6.45) is -0.643. The van der Waals surface area contributed by atoms with Gasteiger partial charge < -0.3 is 19.6 Å². The number of benzene rings is 2. The van der Waals surface area contributed by atoms with Gasteiger partial charge in [-0.1, -0.05) is 88.4 Å². The van der Waals surface area contributed by atoms with Gasteiger partial charge >= 0.3 is 12.2 Å². The molecule has 194 valence electrons. The lowest BCUT2D eigenvalue weighted by molar-refractivity contribution is -0.137. The number of alkyl carbamates (subject to hydrolysis) is 1. The molecular formula is C28H36N2O6. The number of ether oxygens (including phenoxy) is 2. The van der Waals surface area contributed by atoms with Gasteiger partial charge in [-0.25, -0.2) is 14.5 Å². The fourth-order valence-corrected chi connectivity index (χ4v) is 3.65. The van der Waals surface area contributed by atoms with Gasteiger partial charge in [0.2, 0.25) is 0 Å². The topological polar surface area (TPSA) is 102 Å². The Kier molecular flexibility index (Phi) is 11.6. The van der Waals surface area contributed by atoms with E-state index < -0.39 is 30.2 Å². The molecule has 0 saturated carbocycles. The molecule has 0 aliphatic rings. The van der Waals surface area contributed by atoms with Gasteiger partial charge in [0.25, 0.3) is 5.91 Å². The molecule has 3 amide bonds. The van der Waals surface area contributed by atoms with Crippen molar-refractivity contribution in [2.24, 2.45) is 11.8 Å². The Morgan fingerprint density at radius 1 is 0.806 bits per heavy atom. The second-order valence-corrected chi connectivity index (χ2v) is 9.47. The van der Waals surface area contributed by atoms with E-state index in [9.17, 15) is 19.2 Å². The van der Waals surface area contributed by atoms with Crippen LogP contribution in [-0.2, 0) is 32.3 Å². The normalized spacial score (nSPS) is 12.5. The smallest absolute Gasteiger partial charge is 0.417 e. The van der Waals surface area contributed by atoms with Crippen molar-refractivity contribution in [2.45, 2.75) is 65.8 Å². The molecule has 0 heterocycles. The maximum Gasteiger partial charge on any atom is 0.417 e. The second kappa shape index (κ2) is 14.7. The lowest BCUT2D eigenvalue weighted by Gasteiger charge is -2.31. The van der Waals surface area contributed by atoms with Crippen LogP contribution in [0, 0.1) is 11.8 Å². The number of carbonyl (C=O) groups excluding carboxylic acids is 4. The van der Waals surface area contributed by atoms with Crippen LogP contribution in [0.3, 0.4) is 0 Å². The highest BCUT2D eigenvalue weighted by Gasteiger charge is 2.37. The van der Waals surface area contributed by atoms with E-state index >= 15 is 0 Å². The molecule has 1 N–H and O–H groups in total. The maximum atomic E-state index is 13.6. The van der Waals surface area contributed by atoms with E-state index in [1.165, 1.54) is 0 Å². The monoisotopic (exact) mass is 496 g/mol. The van der Waals surface area contributed by atoms with Gasteiger partial charge in [0.05, 0.1) is 6.04 Å². The molecule has 0 fully saturated rings. The Hall–Kier alpha value is -3.68. The first kappa shape index (κ1) is 28.6. The van der Waals surface area contributed by atoms with Crippen LogP contribution in [0.4, 0.5) is 9.59 Å². The summed E-state index contributed by atoms with van der Waals surface area (Å²) in [6, 6.07) is 16.1. The van der Waals surface area contributed by atoms with Crippen molar-refractivity contribution in [3.05, 3.63) is 71.8 Å². The van der Waals surface area contributed by atoms with E-state index in [-0.39, 0.29) is 37.9 Å². The first-order valence-electron chi connectivity index (χ1n) is 12.2. The highest BCUT2D eigenvalue weighted by molar-refractivity contribution is 5.98. The molecule has 0 saturated heterocycles. The molecule has 2 rings (SSSR count). The van der Waals surface area contributed by atoms with Gasteiger partial charge in [0.15, 0.2) is 0 Å². The molecular weight excluding hydrogens is 460 g/mol. The molecule has 0 unspecified atom stereocenters. The molecule has 0 aliphatic carbocycles. The summed E-state index contributed by atoms with van der Waals surface area (Å²) in [7, 11) is 0. The quantitative estimate of drug-likeness (QED) is 0.410. The van der Waals surface area contributed by atoms with Crippen LogP contribution < -0.4 is 5.32 Å². The summed E-state index contributed by atoms with van der Waals surface area (Å²) in [4.78, 5) is 52.1. The summed E-state index contributed by atoms with van der Waals surface area (Å²) in [5.74, 6) is -0.670. The van der Waals surface area contributed by atoms with Gasteiger partial charge in [-0.15, -0.1) is 0 Å². The van der Waals surface area contributed by atoms with E-state index in [1.54, 1.807) is 12.1 Å². The molecule has 2 aromatic carbocycles. The highest BCUT2D eigenvalue weighted by atomic mass is 16.6. The van der Waals surface area contributed by atoms with Gasteiger partial charge in [-0.05, 0) is 35.8 Å². The molecule has 0 bridgehead atoms. The average Bonchev–Trinajstić information content (AvgIpc) is 2.86. The van der Waals surface area contributed by atoms with Crippen molar-refractivity contribution in [3.63, 3.8) is 0 Å². The molecule has 0 aromatic heterocycles. The predicted octanol–water partition coefficient (Wildman–Crippen LogP) is 5.11. The third-order valence-electron chi connectivity index (χ3n) is 5.35. The van der Waals surface area contributed by atoms with Crippen LogP contribution in [0.5, 0.6) is 0 Å². The summed E-state index contributed by atoms with van der Waals surface area (Å²) >= 11 is 0. The largest absolute Gasteiger partial charge is 0.445 e. The van der Waals surface area contributed by atoms with Crippen LogP contribution in [0.2, 0.25) is 0 Å². The summed E-state index contributed by atoms with van der Waals surface area (Å²) in [6.45, 7) is 7.53. The summed E-state index contributed by atoms with van der Waals surface area (Å²) in [5, 5.41) is 2.58. The zero-order valence-electron chi connectivity index (χ0n) is 21.4. The molecule has 0 radical (unpaired) electrons. The maximum absolute atomic E-state index is 13.6. The molecule has 8 heteroatoms. The van der Waals surface area contributed by atoms with Gasteiger partial charge in [-0.3, -0.25) is 4.79 Å². The van der Waals surface area contributed by atoms with Gasteiger partial charge in [0.1, 0.15) is 25.5 Å². The minimum Gasteiger partial charge on any atom is -0.445 e. The Bertz CT molecular complexity index is 978. The van der Waals surface area contributed by atoms with Crippen molar-refractivity contribution in [3.8, 4) is 0 Å². The number of imide groups is 1. The molecule has 2 aromatic rings. The molecule has 0 spiro atoms. The van der Waals surface area contributed by atoms with E-state index in [4.69, 9.17) is 9.47 Å². The van der Waals surface area contributed by atoms with Crippen molar-refractivity contribution in [1.82, 2.24) is 10.2 Å². The third-order valence-corrected chi connectivity index (χ3v) is 5.35. The van der Waals surface area contributed by atoms with Crippen LogP contribution in [-0.4, -0.2) is 41.4 Å². The first-order valence-corrected chi connectivity index (χ1v) is 12.2. The Morgan fingerprint density at radius 3 is 1.78 bits per heavy atom. The SMILES string of the molecule is CC(C)C[C@H](NC(=O)OCc1ccccc1)C(=O)N(C(=O)OCc1ccccc1)[C@H](C=O)CC(C)C. The van der Waals surface area contributed by atoms with Gasteiger partial charge in [-0.2, -0.15) is 0 Å². The Balaban J connectivity index is 2.20. The Labute approximate surface area is 213 Å². The predicted molar refractivity (Wildman–Crippen MR) is 136 cm³/mol. The molecule has 0 aliphatic heterocycles. The summed E-state index contributed by atoms with van der Waals surface area (Å²) < 4.78 is 10.7. The lowest BCUT2D eigenvalue weighted by Crippen LogP contribution is -2.55. The number of nitrogens with one attached hydrogen (secondary N) is 1. The average molecular weight is 497 g/mol. The number of amides is 3. The van der Waals surface area contributed by atoms with E-state index in [2.05, 4.69) is 5.32 Å². The third kappa shape index (κ3) is 9.52. The minimum absolute atomic E-state index is 0.00958. The minimum atomic E-state index is -1.08. The number of aldehydes is 1. The summed E-state index contributed by atoms with van der Waals surface area (Å²) in [5.41, 5.74) is 1.54. The molecule has 36 heavy (non-hydrogen) atoms. The van der Waals surface area contributed by atoms with Crippen molar-refractivity contribution >= 4 is 24.4 Å². The number of carbonyl (C=O) groups is 4. The number of hydrogen-bond acceptors (Lipinski definition) is 6. The van der Waals surface area contributed by atoms with E-state index in [0.717, 1.165) is 16.0 Å². The standard InChI is InChI=1S/C28H36N2O6/c1-20(2)15-24(17-31)30(28(34)36-19-23-13-9-6-10-14-23)26(32)25(16-21(3)4)29-27(33)35-18-22-11-7-5-8-12-22/h5-14,17,20-21,24-25H,15-16,18-19H2,1-4H3,(H,29,33)/t24-,25-/m0/s1. The van der Waals surface area contributed by atoms with Crippen LogP contribution in [0.25, 0.3) is 0 Å². The zero-order chi connectivity index (χ0) is 26.5. The van der Waals surface area contributed by atoms with E-state index in [0.29, 0.717) is 6.29 Å².